The summed E-state index contributed by atoms with van der Waals surface area (Å²) in [5.74, 6) is 2.41. The third-order valence-electron chi connectivity index (χ3n) is 4.62. The lowest BCUT2D eigenvalue weighted by Gasteiger charge is -2.26. The Kier molecular flexibility index (Phi) is 9.26. The average Bonchev–Trinajstić information content (AvgIpc) is 2.69. The van der Waals surface area contributed by atoms with Crippen LogP contribution in [0.3, 0.4) is 0 Å². The lowest BCUT2D eigenvalue weighted by Crippen LogP contribution is -2.33. The Morgan fingerprint density at radius 3 is 2.14 bits per heavy atom. The van der Waals surface area contributed by atoms with Gasteiger partial charge in [-0.3, -0.25) is 0 Å². The molecular weight excluding hydrogens is 434 g/mol. The van der Waals surface area contributed by atoms with Crippen LogP contribution in [0.1, 0.15) is 38.1 Å². The number of benzene rings is 1. The molecule has 0 aliphatic rings. The predicted molar refractivity (Wildman–Crippen MR) is 121 cm³/mol. The van der Waals surface area contributed by atoms with Crippen LogP contribution in [0.2, 0.25) is 0 Å². The van der Waals surface area contributed by atoms with Crippen LogP contribution in [-0.2, 0) is 9.47 Å². The van der Waals surface area contributed by atoms with Crippen molar-refractivity contribution < 1.29 is 9.47 Å². The Labute approximate surface area is 182 Å². The van der Waals surface area contributed by atoms with Crippen LogP contribution in [-0.4, -0.2) is 62.0 Å². The minimum atomic E-state index is 0.469. The van der Waals surface area contributed by atoms with Gasteiger partial charge in [-0.15, -0.1) is 0 Å². The number of nitrogens with zero attached hydrogens (tertiary/aromatic N) is 5. The van der Waals surface area contributed by atoms with Crippen molar-refractivity contribution in [1.82, 2.24) is 15.0 Å². The fourth-order valence-electron chi connectivity index (χ4n) is 2.95. The first-order chi connectivity index (χ1) is 13.9. The van der Waals surface area contributed by atoms with Gasteiger partial charge >= 0.3 is 0 Å². The summed E-state index contributed by atoms with van der Waals surface area (Å²) in [6.07, 6.45) is 0. The Morgan fingerprint density at radius 2 is 1.62 bits per heavy atom. The summed E-state index contributed by atoms with van der Waals surface area (Å²) in [5, 5.41) is 0. The number of hydrogen-bond acceptors (Lipinski definition) is 7. The lowest BCUT2D eigenvalue weighted by molar-refractivity contribution is 0.189. The number of hydrogen-bond donors (Lipinski definition) is 0. The average molecular weight is 466 g/mol. The number of aromatic nitrogens is 3. The zero-order valence-corrected chi connectivity index (χ0v) is 19.9. The molecule has 0 saturated heterocycles. The molecule has 0 amide bonds. The highest BCUT2D eigenvalue weighted by Crippen LogP contribution is 2.33. The maximum Gasteiger partial charge on any atom is 0.234 e. The van der Waals surface area contributed by atoms with Gasteiger partial charge in [0.05, 0.1) is 18.9 Å². The molecule has 1 heterocycles. The monoisotopic (exact) mass is 465 g/mol. The van der Waals surface area contributed by atoms with Crippen molar-refractivity contribution in [3.05, 3.63) is 34.1 Å². The maximum absolute atomic E-state index is 5.25. The molecule has 0 bridgehead atoms. The van der Waals surface area contributed by atoms with E-state index in [0.29, 0.717) is 49.9 Å². The van der Waals surface area contributed by atoms with Gasteiger partial charge in [0.15, 0.2) is 0 Å². The van der Waals surface area contributed by atoms with E-state index in [4.69, 9.17) is 14.5 Å². The van der Waals surface area contributed by atoms with E-state index in [2.05, 4.69) is 74.7 Å². The van der Waals surface area contributed by atoms with E-state index >= 15 is 0 Å². The number of methoxy groups -OCH3 is 2. The highest BCUT2D eigenvalue weighted by molar-refractivity contribution is 9.10. The second kappa shape index (κ2) is 11.4. The van der Waals surface area contributed by atoms with Crippen LogP contribution in [0.15, 0.2) is 22.7 Å². The highest BCUT2D eigenvalue weighted by Gasteiger charge is 2.19. The SMILES string of the molecule is CCN(c1nc(C)nc(N(CCOC)CCOC)n1)c1ccc(C(C)C)cc1Br. The first-order valence-corrected chi connectivity index (χ1v) is 10.7. The molecule has 160 valence electrons. The molecule has 0 saturated carbocycles. The fraction of sp³-hybridized carbons (Fsp3) is 0.571. The van der Waals surface area contributed by atoms with Crippen LogP contribution in [0, 0.1) is 6.92 Å². The standard InChI is InChI=1S/C21H32BrN5O2/c1-7-27(19-9-8-17(15(2)3)14-18(19)22)21-24-16(4)23-20(25-21)26(10-12-28-5)11-13-29-6/h8-9,14-15H,7,10-13H2,1-6H3. The molecule has 0 aliphatic heterocycles. The van der Waals surface area contributed by atoms with Crippen molar-refractivity contribution in [1.29, 1.82) is 0 Å². The van der Waals surface area contributed by atoms with Gasteiger partial charge in [-0.25, -0.2) is 0 Å². The maximum atomic E-state index is 5.25. The number of rotatable bonds is 11. The molecule has 1 aromatic heterocycles. The van der Waals surface area contributed by atoms with Crippen molar-refractivity contribution in [3.63, 3.8) is 0 Å². The van der Waals surface area contributed by atoms with Gasteiger partial charge in [0, 0.05) is 38.3 Å². The van der Waals surface area contributed by atoms with Crippen LogP contribution >= 0.6 is 15.9 Å². The number of ether oxygens (including phenoxy) is 2. The van der Waals surface area contributed by atoms with Crippen molar-refractivity contribution >= 4 is 33.5 Å². The van der Waals surface area contributed by atoms with Crippen molar-refractivity contribution in [2.24, 2.45) is 0 Å². The van der Waals surface area contributed by atoms with Gasteiger partial charge in [-0.2, -0.15) is 15.0 Å². The molecule has 0 fully saturated rings. The predicted octanol–water partition coefficient (Wildman–Crippen LogP) is 4.32. The molecule has 29 heavy (non-hydrogen) atoms. The minimum Gasteiger partial charge on any atom is -0.383 e. The van der Waals surface area contributed by atoms with Gasteiger partial charge in [-0.1, -0.05) is 19.9 Å². The first kappa shape index (κ1) is 23.5. The van der Waals surface area contributed by atoms with Crippen LogP contribution in [0.25, 0.3) is 0 Å². The Hall–Kier alpha value is -1.77. The molecule has 0 spiro atoms. The molecule has 1 aromatic carbocycles. The van der Waals surface area contributed by atoms with E-state index in [-0.39, 0.29) is 0 Å². The normalized spacial score (nSPS) is 11.2. The molecule has 0 atom stereocenters. The van der Waals surface area contributed by atoms with Crippen molar-refractivity contribution in [3.8, 4) is 0 Å². The van der Waals surface area contributed by atoms with Gasteiger partial charge in [0.1, 0.15) is 5.82 Å². The van der Waals surface area contributed by atoms with E-state index in [1.807, 2.05) is 6.92 Å². The molecule has 2 rings (SSSR count). The Bertz CT molecular complexity index is 780. The van der Waals surface area contributed by atoms with E-state index in [1.165, 1.54) is 5.56 Å². The third-order valence-corrected chi connectivity index (χ3v) is 5.26. The van der Waals surface area contributed by atoms with E-state index in [9.17, 15) is 0 Å². The van der Waals surface area contributed by atoms with E-state index in [1.54, 1.807) is 14.2 Å². The summed E-state index contributed by atoms with van der Waals surface area (Å²) in [5.41, 5.74) is 2.32. The van der Waals surface area contributed by atoms with E-state index in [0.717, 1.165) is 16.7 Å². The second-order valence-electron chi connectivity index (χ2n) is 7.07. The Morgan fingerprint density at radius 1 is 1.00 bits per heavy atom. The summed E-state index contributed by atoms with van der Waals surface area (Å²) in [7, 11) is 3.38. The molecule has 2 aromatic rings. The van der Waals surface area contributed by atoms with Crippen LogP contribution < -0.4 is 9.80 Å². The molecular formula is C21H32BrN5O2. The summed E-state index contributed by atoms with van der Waals surface area (Å²) in [4.78, 5) is 18.1. The fourth-order valence-corrected chi connectivity index (χ4v) is 3.56. The summed E-state index contributed by atoms with van der Waals surface area (Å²) < 4.78 is 11.5. The van der Waals surface area contributed by atoms with Crippen molar-refractivity contribution in [2.75, 3.05) is 56.9 Å². The van der Waals surface area contributed by atoms with Gasteiger partial charge in [-0.05, 0) is 53.4 Å². The summed E-state index contributed by atoms with van der Waals surface area (Å²) >= 11 is 3.73. The quantitative estimate of drug-likeness (QED) is 0.489. The summed E-state index contributed by atoms with van der Waals surface area (Å²) in [6.45, 7) is 11.6. The van der Waals surface area contributed by atoms with Crippen molar-refractivity contribution in [2.45, 2.75) is 33.6 Å². The minimum absolute atomic E-state index is 0.469. The first-order valence-electron chi connectivity index (χ1n) is 9.93. The molecule has 7 nitrogen and oxygen atoms in total. The van der Waals surface area contributed by atoms with Crippen LogP contribution in [0.5, 0.6) is 0 Å². The number of anilines is 3. The molecule has 0 aliphatic carbocycles. The van der Waals surface area contributed by atoms with E-state index < -0.39 is 0 Å². The molecule has 0 radical (unpaired) electrons. The van der Waals surface area contributed by atoms with Gasteiger partial charge in [0.2, 0.25) is 11.9 Å². The molecule has 8 heteroatoms. The lowest BCUT2D eigenvalue weighted by atomic mass is 10.0. The van der Waals surface area contributed by atoms with Gasteiger partial charge < -0.3 is 19.3 Å². The smallest absolute Gasteiger partial charge is 0.234 e. The number of halogens is 1. The second-order valence-corrected chi connectivity index (χ2v) is 7.92. The number of aryl methyl sites for hydroxylation is 1. The zero-order chi connectivity index (χ0) is 21.4. The summed E-state index contributed by atoms with van der Waals surface area (Å²) in [6, 6.07) is 6.45. The highest BCUT2D eigenvalue weighted by atomic mass is 79.9. The largest absolute Gasteiger partial charge is 0.383 e. The van der Waals surface area contributed by atoms with Gasteiger partial charge in [0.25, 0.3) is 0 Å². The molecule has 0 N–H and O–H groups in total. The topological polar surface area (TPSA) is 63.6 Å². The zero-order valence-electron chi connectivity index (χ0n) is 18.3. The Balaban J connectivity index is 2.41. The third kappa shape index (κ3) is 6.35. The molecule has 0 unspecified atom stereocenters. The van der Waals surface area contributed by atoms with Crippen LogP contribution in [0.4, 0.5) is 17.6 Å².